The molecule has 0 bridgehead atoms. The van der Waals surface area contributed by atoms with Crippen molar-refractivity contribution >= 4 is 5.91 Å². The van der Waals surface area contributed by atoms with Crippen molar-refractivity contribution in [3.05, 3.63) is 23.8 Å². The average molecular weight is 409 g/mol. The van der Waals surface area contributed by atoms with Crippen LogP contribution in [0.25, 0.3) is 0 Å². The van der Waals surface area contributed by atoms with Crippen LogP contribution < -0.4 is 14.8 Å². The number of nitrogens with zero attached hydrogens (tertiary/aromatic N) is 1. The molecule has 1 aliphatic rings. The molecule has 1 heterocycles. The van der Waals surface area contributed by atoms with Crippen LogP contribution in [0.4, 0.5) is 0 Å². The van der Waals surface area contributed by atoms with Crippen LogP contribution in [0, 0.1) is 0 Å². The Morgan fingerprint density at radius 1 is 1.24 bits per heavy atom. The fourth-order valence-electron chi connectivity index (χ4n) is 3.82. The van der Waals surface area contributed by atoms with E-state index in [1.54, 1.807) is 32.4 Å². The summed E-state index contributed by atoms with van der Waals surface area (Å²) in [5.41, 5.74) is 0.596. The highest BCUT2D eigenvalue weighted by Crippen LogP contribution is 2.30. The quantitative estimate of drug-likeness (QED) is 0.548. The maximum atomic E-state index is 13.4. The molecule has 0 radical (unpaired) electrons. The summed E-state index contributed by atoms with van der Waals surface area (Å²) in [6.45, 7) is 6.13. The van der Waals surface area contributed by atoms with E-state index < -0.39 is 0 Å². The standard InChI is InChI=1S/C22H36N2O5/c1-16(2)24(19-8-7-18(10-11-25)23-15-19)22(26)17-6-9-20(28-4)21(14-17)29-13-5-12-27-3/h6,9,14,16,18-19,23,25H,5,7-8,10-13,15H2,1-4H3/t18-,19+/m0/s1. The molecule has 2 rings (SSSR count). The second-order valence-electron chi connectivity index (χ2n) is 7.72. The largest absolute Gasteiger partial charge is 0.493 e. The van der Waals surface area contributed by atoms with Gasteiger partial charge in [0.2, 0.25) is 0 Å². The van der Waals surface area contributed by atoms with Crippen LogP contribution in [0.5, 0.6) is 11.5 Å². The second-order valence-corrected chi connectivity index (χ2v) is 7.72. The second kappa shape index (κ2) is 12.0. The lowest BCUT2D eigenvalue weighted by Gasteiger charge is -2.40. The number of amides is 1. The van der Waals surface area contributed by atoms with E-state index in [2.05, 4.69) is 5.32 Å². The zero-order valence-corrected chi connectivity index (χ0v) is 18.1. The number of aliphatic hydroxyl groups excluding tert-OH is 1. The molecule has 2 N–H and O–H groups in total. The van der Waals surface area contributed by atoms with Gasteiger partial charge >= 0.3 is 0 Å². The molecule has 1 saturated heterocycles. The third-order valence-corrected chi connectivity index (χ3v) is 5.31. The van der Waals surface area contributed by atoms with E-state index in [0.29, 0.717) is 36.3 Å². The third-order valence-electron chi connectivity index (χ3n) is 5.31. The fourth-order valence-corrected chi connectivity index (χ4v) is 3.82. The summed E-state index contributed by atoms with van der Waals surface area (Å²) < 4.78 is 16.3. The number of aliphatic hydroxyl groups is 1. The van der Waals surface area contributed by atoms with Gasteiger partial charge in [-0.1, -0.05) is 0 Å². The minimum absolute atomic E-state index is 0.00296. The van der Waals surface area contributed by atoms with Crippen molar-refractivity contribution in [3.8, 4) is 11.5 Å². The number of rotatable bonds is 11. The van der Waals surface area contributed by atoms with E-state index in [1.807, 2.05) is 18.7 Å². The summed E-state index contributed by atoms with van der Waals surface area (Å²) >= 11 is 0. The molecule has 0 aliphatic carbocycles. The first-order chi connectivity index (χ1) is 14.0. The van der Waals surface area contributed by atoms with Crippen LogP contribution in [-0.4, -0.2) is 74.6 Å². The van der Waals surface area contributed by atoms with Gasteiger partial charge in [0, 0.05) is 57.0 Å². The van der Waals surface area contributed by atoms with Crippen molar-refractivity contribution in [2.24, 2.45) is 0 Å². The zero-order valence-electron chi connectivity index (χ0n) is 18.1. The van der Waals surface area contributed by atoms with E-state index in [-0.39, 0.29) is 24.6 Å². The van der Waals surface area contributed by atoms with Gasteiger partial charge in [-0.25, -0.2) is 0 Å². The van der Waals surface area contributed by atoms with E-state index in [9.17, 15) is 4.79 Å². The molecule has 1 amide bonds. The van der Waals surface area contributed by atoms with Gasteiger partial charge in [0.15, 0.2) is 11.5 Å². The van der Waals surface area contributed by atoms with Gasteiger partial charge in [0.25, 0.3) is 5.91 Å². The predicted octanol–water partition coefficient (Wildman–Crippen LogP) is 2.46. The van der Waals surface area contributed by atoms with Gasteiger partial charge in [-0.3, -0.25) is 4.79 Å². The van der Waals surface area contributed by atoms with E-state index in [4.69, 9.17) is 19.3 Å². The van der Waals surface area contributed by atoms with E-state index >= 15 is 0 Å². The maximum Gasteiger partial charge on any atom is 0.254 e. The first kappa shape index (κ1) is 23.4. The predicted molar refractivity (Wildman–Crippen MR) is 113 cm³/mol. The SMILES string of the molecule is COCCCOc1cc(C(=O)N(C(C)C)[C@@H]2CC[C@@H](CCO)NC2)ccc1OC. The minimum atomic E-state index is -0.00296. The first-order valence-corrected chi connectivity index (χ1v) is 10.5. The van der Waals surface area contributed by atoms with Crippen LogP contribution >= 0.6 is 0 Å². The highest BCUT2D eigenvalue weighted by molar-refractivity contribution is 5.95. The Balaban J connectivity index is 2.12. The number of methoxy groups -OCH3 is 2. The van der Waals surface area contributed by atoms with Gasteiger partial charge < -0.3 is 29.5 Å². The Morgan fingerprint density at radius 2 is 2.03 bits per heavy atom. The molecular formula is C22H36N2O5. The first-order valence-electron chi connectivity index (χ1n) is 10.5. The Hall–Kier alpha value is -1.83. The molecule has 7 heteroatoms. The highest BCUT2D eigenvalue weighted by atomic mass is 16.5. The number of carbonyl (C=O) groups excluding carboxylic acids is 1. The lowest BCUT2D eigenvalue weighted by molar-refractivity contribution is 0.0548. The molecule has 1 fully saturated rings. The summed E-state index contributed by atoms with van der Waals surface area (Å²) in [6, 6.07) is 5.89. The molecule has 29 heavy (non-hydrogen) atoms. The van der Waals surface area contributed by atoms with E-state index in [1.165, 1.54) is 0 Å². The number of piperidine rings is 1. The van der Waals surface area contributed by atoms with Crippen LogP contribution in [0.15, 0.2) is 18.2 Å². The molecule has 0 spiro atoms. The number of hydrogen-bond donors (Lipinski definition) is 2. The van der Waals surface area contributed by atoms with Crippen molar-refractivity contribution < 1.29 is 24.1 Å². The van der Waals surface area contributed by atoms with Gasteiger partial charge in [-0.15, -0.1) is 0 Å². The Kier molecular flexibility index (Phi) is 9.70. The van der Waals surface area contributed by atoms with Gasteiger partial charge in [0.1, 0.15) is 0 Å². The number of ether oxygens (including phenoxy) is 3. The van der Waals surface area contributed by atoms with Gasteiger partial charge in [-0.2, -0.15) is 0 Å². The molecule has 0 saturated carbocycles. The Morgan fingerprint density at radius 3 is 2.62 bits per heavy atom. The third kappa shape index (κ3) is 6.59. The van der Waals surface area contributed by atoms with Gasteiger partial charge in [0.05, 0.1) is 13.7 Å². The van der Waals surface area contributed by atoms with Crippen LogP contribution in [0.3, 0.4) is 0 Å². The van der Waals surface area contributed by atoms with Crippen molar-refractivity contribution in [2.75, 3.05) is 40.6 Å². The van der Waals surface area contributed by atoms with Gasteiger partial charge in [-0.05, 0) is 51.3 Å². The van der Waals surface area contributed by atoms with Crippen molar-refractivity contribution in [1.29, 1.82) is 0 Å². The lowest BCUT2D eigenvalue weighted by atomic mass is 9.96. The Labute approximate surface area is 174 Å². The molecule has 7 nitrogen and oxygen atoms in total. The number of benzene rings is 1. The minimum Gasteiger partial charge on any atom is -0.493 e. The summed E-state index contributed by atoms with van der Waals surface area (Å²) in [4.78, 5) is 15.3. The summed E-state index contributed by atoms with van der Waals surface area (Å²) in [5, 5.41) is 12.6. The molecular weight excluding hydrogens is 372 g/mol. The van der Waals surface area contributed by atoms with Crippen molar-refractivity contribution in [1.82, 2.24) is 10.2 Å². The number of hydrogen-bond acceptors (Lipinski definition) is 6. The monoisotopic (exact) mass is 408 g/mol. The molecule has 2 atom stereocenters. The topological polar surface area (TPSA) is 80.3 Å². The molecule has 1 aromatic rings. The summed E-state index contributed by atoms with van der Waals surface area (Å²) in [5.74, 6) is 1.18. The smallest absolute Gasteiger partial charge is 0.254 e. The van der Waals surface area contributed by atoms with Crippen LogP contribution in [0.2, 0.25) is 0 Å². The Bertz CT molecular complexity index is 630. The molecule has 0 unspecified atom stereocenters. The lowest BCUT2D eigenvalue weighted by Crippen LogP contribution is -2.54. The fraction of sp³-hybridized carbons (Fsp3) is 0.682. The summed E-state index contributed by atoms with van der Waals surface area (Å²) in [6.07, 6.45) is 3.40. The van der Waals surface area contributed by atoms with Crippen molar-refractivity contribution in [3.63, 3.8) is 0 Å². The summed E-state index contributed by atoms with van der Waals surface area (Å²) in [7, 11) is 3.25. The molecule has 1 aromatic carbocycles. The van der Waals surface area contributed by atoms with E-state index in [0.717, 1.165) is 32.2 Å². The normalized spacial score (nSPS) is 19.2. The van der Waals surface area contributed by atoms with Crippen molar-refractivity contribution in [2.45, 2.75) is 57.7 Å². The molecule has 0 aromatic heterocycles. The van der Waals surface area contributed by atoms with Crippen LogP contribution in [0.1, 0.15) is 49.9 Å². The number of nitrogens with one attached hydrogen (secondary N) is 1. The molecule has 1 aliphatic heterocycles. The highest BCUT2D eigenvalue weighted by Gasteiger charge is 2.31. The molecule has 164 valence electrons. The average Bonchev–Trinajstić information content (AvgIpc) is 2.72. The number of carbonyl (C=O) groups is 1. The zero-order chi connectivity index (χ0) is 21.2. The van der Waals surface area contributed by atoms with Crippen LogP contribution in [-0.2, 0) is 4.74 Å². The maximum absolute atomic E-state index is 13.4.